The number of rotatable bonds is 5. The standard InChI is InChI=1S/C16H20N2O3/c1-16(2,3)21-14(19)7-10-20-11-12-5-4-6-13-15(12)18-9-8-17-13/h4-6,8-9H,7,10-11H2,1-3H3. The van der Waals surface area contributed by atoms with Crippen molar-refractivity contribution in [1.29, 1.82) is 0 Å². The number of ether oxygens (including phenoxy) is 2. The van der Waals surface area contributed by atoms with E-state index in [1.165, 1.54) is 0 Å². The number of fused-ring (bicyclic) bond motifs is 1. The number of hydrogen-bond donors (Lipinski definition) is 0. The van der Waals surface area contributed by atoms with Crippen molar-refractivity contribution in [3.8, 4) is 0 Å². The van der Waals surface area contributed by atoms with Crippen molar-refractivity contribution in [2.45, 2.75) is 39.4 Å². The molecule has 21 heavy (non-hydrogen) atoms. The zero-order valence-electron chi connectivity index (χ0n) is 12.6. The second-order valence-electron chi connectivity index (χ2n) is 5.73. The first kappa shape index (κ1) is 15.4. The SMILES string of the molecule is CC(C)(C)OC(=O)CCOCc1cccc2nccnc12. The first-order valence-corrected chi connectivity index (χ1v) is 6.94. The maximum Gasteiger partial charge on any atom is 0.308 e. The van der Waals surface area contributed by atoms with E-state index in [1.54, 1.807) is 12.4 Å². The van der Waals surface area contributed by atoms with Crippen molar-refractivity contribution in [2.75, 3.05) is 6.61 Å². The number of aromatic nitrogens is 2. The number of para-hydroxylation sites is 1. The van der Waals surface area contributed by atoms with Crippen LogP contribution in [0.1, 0.15) is 32.8 Å². The number of carbonyl (C=O) groups excluding carboxylic acids is 1. The van der Waals surface area contributed by atoms with Crippen LogP contribution in [-0.2, 0) is 20.9 Å². The first-order valence-electron chi connectivity index (χ1n) is 6.94. The first-order chi connectivity index (χ1) is 9.96. The van der Waals surface area contributed by atoms with Crippen LogP contribution in [0.2, 0.25) is 0 Å². The van der Waals surface area contributed by atoms with E-state index < -0.39 is 5.60 Å². The zero-order chi connectivity index (χ0) is 15.3. The minimum absolute atomic E-state index is 0.244. The predicted molar refractivity (Wildman–Crippen MR) is 79.7 cm³/mol. The lowest BCUT2D eigenvalue weighted by molar-refractivity contribution is -0.156. The van der Waals surface area contributed by atoms with E-state index in [0.29, 0.717) is 13.2 Å². The summed E-state index contributed by atoms with van der Waals surface area (Å²) in [6.07, 6.45) is 3.57. The molecule has 0 saturated heterocycles. The Bertz CT molecular complexity index is 615. The molecule has 0 unspecified atom stereocenters. The fraction of sp³-hybridized carbons (Fsp3) is 0.438. The molecule has 0 aliphatic heterocycles. The van der Waals surface area contributed by atoms with Crippen molar-refractivity contribution >= 4 is 17.0 Å². The molecule has 0 N–H and O–H groups in total. The smallest absolute Gasteiger partial charge is 0.308 e. The molecule has 112 valence electrons. The Morgan fingerprint density at radius 2 is 1.95 bits per heavy atom. The van der Waals surface area contributed by atoms with Crippen LogP contribution >= 0.6 is 0 Å². The molecule has 0 amide bonds. The van der Waals surface area contributed by atoms with Gasteiger partial charge in [0.15, 0.2) is 0 Å². The number of carbonyl (C=O) groups is 1. The maximum absolute atomic E-state index is 11.6. The summed E-state index contributed by atoms with van der Waals surface area (Å²) in [6.45, 7) is 6.27. The van der Waals surface area contributed by atoms with E-state index >= 15 is 0 Å². The van der Waals surface area contributed by atoms with Gasteiger partial charge in [-0.15, -0.1) is 0 Å². The van der Waals surface area contributed by atoms with Crippen LogP contribution in [0.25, 0.3) is 11.0 Å². The molecule has 0 atom stereocenters. The van der Waals surface area contributed by atoms with E-state index in [9.17, 15) is 4.79 Å². The van der Waals surface area contributed by atoms with E-state index in [1.807, 2.05) is 39.0 Å². The quantitative estimate of drug-likeness (QED) is 0.625. The number of benzene rings is 1. The van der Waals surface area contributed by atoms with Crippen LogP contribution < -0.4 is 0 Å². The summed E-state index contributed by atoms with van der Waals surface area (Å²) >= 11 is 0. The van der Waals surface area contributed by atoms with Gasteiger partial charge in [0.1, 0.15) is 5.60 Å². The van der Waals surface area contributed by atoms with E-state index in [2.05, 4.69) is 9.97 Å². The molecule has 0 radical (unpaired) electrons. The molecule has 1 aromatic heterocycles. The van der Waals surface area contributed by atoms with Gasteiger partial charge in [-0.3, -0.25) is 14.8 Å². The third-order valence-corrected chi connectivity index (χ3v) is 2.71. The van der Waals surface area contributed by atoms with Gasteiger partial charge < -0.3 is 9.47 Å². The van der Waals surface area contributed by atoms with Gasteiger partial charge in [-0.05, 0) is 26.8 Å². The van der Waals surface area contributed by atoms with Crippen LogP contribution in [0.3, 0.4) is 0 Å². The monoisotopic (exact) mass is 288 g/mol. The fourth-order valence-corrected chi connectivity index (χ4v) is 1.90. The second-order valence-corrected chi connectivity index (χ2v) is 5.73. The minimum Gasteiger partial charge on any atom is -0.460 e. The molecule has 0 spiro atoms. The van der Waals surface area contributed by atoms with Crippen molar-refractivity contribution in [3.63, 3.8) is 0 Å². The molecule has 0 fully saturated rings. The van der Waals surface area contributed by atoms with E-state index in [-0.39, 0.29) is 12.4 Å². The lowest BCUT2D eigenvalue weighted by atomic mass is 10.2. The van der Waals surface area contributed by atoms with Gasteiger partial charge in [0, 0.05) is 18.0 Å². The van der Waals surface area contributed by atoms with Crippen molar-refractivity contribution in [3.05, 3.63) is 36.2 Å². The molecule has 0 saturated carbocycles. The van der Waals surface area contributed by atoms with Crippen molar-refractivity contribution < 1.29 is 14.3 Å². The highest BCUT2D eigenvalue weighted by atomic mass is 16.6. The third kappa shape index (κ3) is 4.79. The second kappa shape index (κ2) is 6.63. The molecular formula is C16H20N2O3. The minimum atomic E-state index is -0.456. The number of hydrogen-bond acceptors (Lipinski definition) is 5. The fourth-order valence-electron chi connectivity index (χ4n) is 1.90. The van der Waals surface area contributed by atoms with Gasteiger partial charge >= 0.3 is 5.97 Å². The van der Waals surface area contributed by atoms with Crippen molar-refractivity contribution in [1.82, 2.24) is 9.97 Å². The Hall–Kier alpha value is -2.01. The van der Waals surface area contributed by atoms with Gasteiger partial charge in [0.25, 0.3) is 0 Å². The summed E-state index contributed by atoms with van der Waals surface area (Å²) in [5.41, 5.74) is 2.18. The number of nitrogens with zero attached hydrogens (tertiary/aromatic N) is 2. The highest BCUT2D eigenvalue weighted by Crippen LogP contribution is 2.15. The van der Waals surface area contributed by atoms with E-state index in [4.69, 9.17) is 9.47 Å². The normalized spacial score (nSPS) is 11.6. The summed E-state index contributed by atoms with van der Waals surface area (Å²) in [5, 5.41) is 0. The average Bonchev–Trinajstić information content (AvgIpc) is 2.42. The topological polar surface area (TPSA) is 61.3 Å². The lowest BCUT2D eigenvalue weighted by Crippen LogP contribution is -2.24. The Kier molecular flexibility index (Phi) is 4.85. The molecule has 5 nitrogen and oxygen atoms in total. The summed E-state index contributed by atoms with van der Waals surface area (Å²) in [5.74, 6) is -0.250. The van der Waals surface area contributed by atoms with Gasteiger partial charge in [0.2, 0.25) is 0 Å². The molecule has 0 bridgehead atoms. The Morgan fingerprint density at radius 3 is 2.71 bits per heavy atom. The average molecular weight is 288 g/mol. The Labute approximate surface area is 124 Å². The summed E-state index contributed by atoms with van der Waals surface area (Å²) in [6, 6.07) is 5.78. The predicted octanol–water partition coefficient (Wildman–Crippen LogP) is 2.88. The van der Waals surface area contributed by atoms with E-state index in [0.717, 1.165) is 16.6 Å². The van der Waals surface area contributed by atoms with Gasteiger partial charge in [-0.2, -0.15) is 0 Å². The molecule has 2 aromatic rings. The molecule has 5 heteroatoms. The zero-order valence-corrected chi connectivity index (χ0v) is 12.6. The summed E-state index contributed by atoms with van der Waals surface area (Å²) < 4.78 is 10.8. The van der Waals surface area contributed by atoms with Crippen LogP contribution in [0, 0.1) is 0 Å². The molecule has 1 aromatic carbocycles. The van der Waals surface area contributed by atoms with Crippen LogP contribution in [0.4, 0.5) is 0 Å². The lowest BCUT2D eigenvalue weighted by Gasteiger charge is -2.19. The summed E-state index contributed by atoms with van der Waals surface area (Å²) in [4.78, 5) is 20.1. The molecule has 1 heterocycles. The highest BCUT2D eigenvalue weighted by Gasteiger charge is 2.15. The van der Waals surface area contributed by atoms with Crippen LogP contribution in [-0.4, -0.2) is 28.1 Å². The molecule has 2 rings (SSSR count). The molecule has 0 aliphatic carbocycles. The Morgan fingerprint density at radius 1 is 1.19 bits per heavy atom. The van der Waals surface area contributed by atoms with Gasteiger partial charge in [-0.1, -0.05) is 12.1 Å². The van der Waals surface area contributed by atoms with Crippen LogP contribution in [0.5, 0.6) is 0 Å². The van der Waals surface area contributed by atoms with Crippen LogP contribution in [0.15, 0.2) is 30.6 Å². The summed E-state index contributed by atoms with van der Waals surface area (Å²) in [7, 11) is 0. The van der Waals surface area contributed by atoms with Crippen molar-refractivity contribution in [2.24, 2.45) is 0 Å². The molecule has 0 aliphatic rings. The molecular weight excluding hydrogens is 268 g/mol. The highest BCUT2D eigenvalue weighted by molar-refractivity contribution is 5.77. The maximum atomic E-state index is 11.6. The Balaban J connectivity index is 1.84. The van der Waals surface area contributed by atoms with Gasteiger partial charge in [-0.25, -0.2) is 0 Å². The number of esters is 1. The third-order valence-electron chi connectivity index (χ3n) is 2.71. The van der Waals surface area contributed by atoms with Gasteiger partial charge in [0.05, 0.1) is 30.7 Å². The largest absolute Gasteiger partial charge is 0.460 e.